The number of nitrogens with zero attached hydrogens (tertiary/aromatic N) is 2. The molecule has 1 fully saturated rings. The molecule has 0 aliphatic carbocycles. The molecule has 25 heavy (non-hydrogen) atoms. The molecule has 0 saturated carbocycles. The number of pyridine rings is 1. The van der Waals surface area contributed by atoms with E-state index < -0.39 is 0 Å². The molecule has 0 radical (unpaired) electrons. The van der Waals surface area contributed by atoms with Crippen LogP contribution in [-0.2, 0) is 6.42 Å². The lowest BCUT2D eigenvalue weighted by atomic mass is 9.87. The number of rotatable bonds is 4. The molecule has 0 spiro atoms. The lowest BCUT2D eigenvalue weighted by Gasteiger charge is -2.38. The Hall–Kier alpha value is -1.57. The van der Waals surface area contributed by atoms with E-state index in [1.165, 1.54) is 49.0 Å². The van der Waals surface area contributed by atoms with Crippen molar-refractivity contribution in [3.8, 4) is 0 Å². The van der Waals surface area contributed by atoms with E-state index >= 15 is 0 Å². The quantitative estimate of drug-likeness (QED) is 0.640. The van der Waals surface area contributed by atoms with Crippen LogP contribution >= 0.6 is 0 Å². The van der Waals surface area contributed by atoms with E-state index in [0.717, 1.165) is 29.5 Å². The van der Waals surface area contributed by atoms with Gasteiger partial charge < -0.3 is 4.90 Å². The minimum atomic E-state index is 0.790. The number of anilines is 1. The molecule has 2 atom stereocenters. The molecule has 138 valence electrons. The zero-order valence-corrected chi connectivity index (χ0v) is 17.1. The molecule has 2 aromatic rings. The van der Waals surface area contributed by atoms with Crippen molar-refractivity contribution < 1.29 is 0 Å². The highest BCUT2D eigenvalue weighted by Crippen LogP contribution is 2.31. The molecule has 2 heterocycles. The van der Waals surface area contributed by atoms with Crippen molar-refractivity contribution in [1.82, 2.24) is 4.98 Å². The predicted molar refractivity (Wildman–Crippen MR) is 112 cm³/mol. The maximum atomic E-state index is 4.71. The molecule has 2 nitrogen and oxygen atoms in total. The van der Waals surface area contributed by atoms with Crippen LogP contribution in [0.25, 0.3) is 10.9 Å². The lowest BCUT2D eigenvalue weighted by Crippen LogP contribution is -2.39. The summed E-state index contributed by atoms with van der Waals surface area (Å²) >= 11 is 0. The van der Waals surface area contributed by atoms with Gasteiger partial charge in [0.2, 0.25) is 0 Å². The van der Waals surface area contributed by atoms with Gasteiger partial charge in [-0.15, -0.1) is 0 Å². The highest BCUT2D eigenvalue weighted by Gasteiger charge is 2.24. The number of hydrogen-bond acceptors (Lipinski definition) is 2. The third-order valence-electron chi connectivity index (χ3n) is 5.20. The van der Waals surface area contributed by atoms with Crippen LogP contribution in [-0.4, -0.2) is 18.1 Å². The summed E-state index contributed by atoms with van der Waals surface area (Å²) in [6.07, 6.45) is 5.11. The Morgan fingerprint density at radius 3 is 2.56 bits per heavy atom. The van der Waals surface area contributed by atoms with Gasteiger partial charge >= 0.3 is 0 Å². The summed E-state index contributed by atoms with van der Waals surface area (Å²) in [5.74, 6) is 1.64. The Kier molecular flexibility index (Phi) is 7.28. The summed E-state index contributed by atoms with van der Waals surface area (Å²) in [7, 11) is 0. The van der Waals surface area contributed by atoms with E-state index in [1.54, 1.807) is 0 Å². The fourth-order valence-electron chi connectivity index (χ4n) is 4.23. The van der Waals surface area contributed by atoms with Crippen LogP contribution in [0.1, 0.15) is 65.1 Å². The Bertz CT molecular complexity index is 677. The van der Waals surface area contributed by atoms with Crippen molar-refractivity contribution in [2.24, 2.45) is 11.8 Å². The van der Waals surface area contributed by atoms with Crippen molar-refractivity contribution in [1.29, 1.82) is 0 Å². The van der Waals surface area contributed by atoms with Gasteiger partial charge in [-0.1, -0.05) is 41.0 Å². The minimum absolute atomic E-state index is 0.790. The van der Waals surface area contributed by atoms with E-state index in [1.807, 2.05) is 13.8 Å². The van der Waals surface area contributed by atoms with Crippen LogP contribution < -0.4 is 4.90 Å². The topological polar surface area (TPSA) is 16.1 Å². The SMILES string of the molecule is CC.CCCC1CC(C)CN(c2ccc3nc(C)cc(CC)c3c2)C1. The molecule has 3 rings (SSSR count). The average molecular weight is 341 g/mol. The maximum absolute atomic E-state index is 4.71. The van der Waals surface area contributed by atoms with Crippen molar-refractivity contribution >= 4 is 16.6 Å². The van der Waals surface area contributed by atoms with Crippen LogP contribution in [0.3, 0.4) is 0 Å². The zero-order chi connectivity index (χ0) is 18.4. The molecule has 2 heteroatoms. The van der Waals surface area contributed by atoms with Gasteiger partial charge in [0.05, 0.1) is 5.52 Å². The fraction of sp³-hybridized carbons (Fsp3) is 0.609. The van der Waals surface area contributed by atoms with Crippen LogP contribution in [0.5, 0.6) is 0 Å². The molecular weight excluding hydrogens is 304 g/mol. The van der Waals surface area contributed by atoms with Crippen LogP contribution in [0, 0.1) is 18.8 Å². The Morgan fingerprint density at radius 1 is 1.12 bits per heavy atom. The molecule has 1 saturated heterocycles. The normalized spacial score (nSPS) is 20.3. The van der Waals surface area contributed by atoms with E-state index in [2.05, 4.69) is 56.9 Å². The molecule has 0 bridgehead atoms. The summed E-state index contributed by atoms with van der Waals surface area (Å²) in [4.78, 5) is 7.32. The van der Waals surface area contributed by atoms with E-state index in [4.69, 9.17) is 4.98 Å². The summed E-state index contributed by atoms with van der Waals surface area (Å²) in [5.41, 5.74) is 5.06. The predicted octanol–water partition coefficient (Wildman–Crippen LogP) is 6.39. The second-order valence-electron chi connectivity index (χ2n) is 7.38. The van der Waals surface area contributed by atoms with Crippen molar-refractivity contribution in [3.63, 3.8) is 0 Å². The molecule has 1 aliphatic heterocycles. The highest BCUT2D eigenvalue weighted by molar-refractivity contribution is 5.86. The molecule has 1 aliphatic rings. The smallest absolute Gasteiger partial charge is 0.0709 e. The molecule has 1 aromatic carbocycles. The van der Waals surface area contributed by atoms with Gasteiger partial charge in [-0.25, -0.2) is 0 Å². The minimum Gasteiger partial charge on any atom is -0.371 e. The monoisotopic (exact) mass is 340 g/mol. The molecular formula is C23H36N2. The first-order valence-corrected chi connectivity index (χ1v) is 10.3. The van der Waals surface area contributed by atoms with Gasteiger partial charge in [0.15, 0.2) is 0 Å². The Balaban J connectivity index is 0.00000109. The molecule has 0 N–H and O–H groups in total. The molecule has 2 unspecified atom stereocenters. The molecule has 0 amide bonds. The van der Waals surface area contributed by atoms with Gasteiger partial charge in [-0.3, -0.25) is 4.98 Å². The first-order valence-electron chi connectivity index (χ1n) is 10.3. The standard InChI is InChI=1S/C21H30N2.C2H6/c1-5-7-17-10-15(3)13-23(14-17)19-8-9-21-20(12-19)18(6-2)11-16(4)22-21;1-2/h8-9,11-12,15,17H,5-7,10,13-14H2,1-4H3;1-2H3. The van der Waals surface area contributed by atoms with Crippen LogP contribution in [0.2, 0.25) is 0 Å². The first-order chi connectivity index (χ1) is 12.1. The summed E-state index contributed by atoms with van der Waals surface area (Å²) in [6.45, 7) is 15.4. The number of benzene rings is 1. The van der Waals surface area contributed by atoms with E-state index in [9.17, 15) is 0 Å². The van der Waals surface area contributed by atoms with Gasteiger partial charge in [0.1, 0.15) is 0 Å². The number of aryl methyl sites for hydroxylation is 2. The van der Waals surface area contributed by atoms with Crippen molar-refractivity contribution in [3.05, 3.63) is 35.5 Å². The fourth-order valence-corrected chi connectivity index (χ4v) is 4.23. The first kappa shape index (κ1) is 19.8. The van der Waals surface area contributed by atoms with Crippen LogP contribution in [0.15, 0.2) is 24.3 Å². The maximum Gasteiger partial charge on any atom is 0.0709 e. The van der Waals surface area contributed by atoms with Gasteiger partial charge in [-0.2, -0.15) is 0 Å². The summed E-state index contributed by atoms with van der Waals surface area (Å²) in [5, 5.41) is 1.33. The number of hydrogen-bond donors (Lipinski definition) is 0. The average Bonchev–Trinajstić information content (AvgIpc) is 2.62. The van der Waals surface area contributed by atoms with Crippen LogP contribution in [0.4, 0.5) is 5.69 Å². The largest absolute Gasteiger partial charge is 0.371 e. The molecule has 1 aromatic heterocycles. The van der Waals surface area contributed by atoms with Gasteiger partial charge in [0, 0.05) is 29.9 Å². The van der Waals surface area contributed by atoms with Crippen molar-refractivity contribution in [2.75, 3.05) is 18.0 Å². The summed E-state index contributed by atoms with van der Waals surface area (Å²) in [6, 6.07) is 9.10. The van der Waals surface area contributed by atoms with Crippen molar-refractivity contribution in [2.45, 2.75) is 67.2 Å². The lowest BCUT2D eigenvalue weighted by molar-refractivity contribution is 0.318. The number of fused-ring (bicyclic) bond motifs is 1. The third kappa shape index (κ3) is 4.74. The Morgan fingerprint density at radius 2 is 1.88 bits per heavy atom. The summed E-state index contributed by atoms with van der Waals surface area (Å²) < 4.78 is 0. The zero-order valence-electron chi connectivity index (χ0n) is 17.1. The highest BCUT2D eigenvalue weighted by atomic mass is 15.1. The van der Waals surface area contributed by atoms with Gasteiger partial charge in [-0.05, 0) is 67.9 Å². The second-order valence-corrected chi connectivity index (χ2v) is 7.38. The third-order valence-corrected chi connectivity index (χ3v) is 5.20. The number of piperidine rings is 1. The second kappa shape index (κ2) is 9.22. The van der Waals surface area contributed by atoms with E-state index in [0.29, 0.717) is 0 Å². The Labute approximate surface area is 154 Å². The van der Waals surface area contributed by atoms with E-state index in [-0.39, 0.29) is 0 Å². The number of aromatic nitrogens is 1. The van der Waals surface area contributed by atoms with Gasteiger partial charge in [0.25, 0.3) is 0 Å².